The number of aromatic nitrogens is 2. The molecule has 0 unspecified atom stereocenters. The van der Waals surface area contributed by atoms with Gasteiger partial charge in [0.15, 0.2) is 17.3 Å². The third-order valence-electron chi connectivity index (χ3n) is 3.71. The van der Waals surface area contributed by atoms with E-state index in [1.807, 2.05) is 11.5 Å². The summed E-state index contributed by atoms with van der Waals surface area (Å²) in [5.41, 5.74) is 1.73. The first-order valence-corrected chi connectivity index (χ1v) is 8.08. The van der Waals surface area contributed by atoms with Gasteiger partial charge in [0.1, 0.15) is 0 Å². The zero-order valence-corrected chi connectivity index (χ0v) is 15.1. The van der Waals surface area contributed by atoms with Crippen LogP contribution in [-0.4, -0.2) is 35.2 Å². The summed E-state index contributed by atoms with van der Waals surface area (Å²) >= 11 is 0. The maximum absolute atomic E-state index is 10.9. The summed E-state index contributed by atoms with van der Waals surface area (Å²) in [6, 6.07) is 5.20. The van der Waals surface area contributed by atoms with Crippen molar-refractivity contribution in [2.75, 3.05) is 26.1 Å². The van der Waals surface area contributed by atoms with Gasteiger partial charge in [0, 0.05) is 36.7 Å². The van der Waals surface area contributed by atoms with E-state index in [0.717, 1.165) is 24.9 Å². The maximum Gasteiger partial charge on any atom is 0.274 e. The van der Waals surface area contributed by atoms with E-state index >= 15 is 0 Å². The number of hydrogen-bond donors (Lipinski definition) is 2. The number of imidazole rings is 1. The molecule has 0 amide bonds. The van der Waals surface area contributed by atoms with Crippen molar-refractivity contribution in [3.63, 3.8) is 0 Å². The molecule has 140 valence electrons. The van der Waals surface area contributed by atoms with Crippen LogP contribution >= 0.6 is 0 Å². The van der Waals surface area contributed by atoms with Gasteiger partial charge in [0.2, 0.25) is 0 Å². The van der Waals surface area contributed by atoms with Gasteiger partial charge in [-0.3, -0.25) is 10.1 Å². The largest absolute Gasteiger partial charge is 0.493 e. The van der Waals surface area contributed by atoms with Crippen molar-refractivity contribution in [2.45, 2.75) is 19.9 Å². The second kappa shape index (κ2) is 9.30. The zero-order chi connectivity index (χ0) is 18.9. The minimum atomic E-state index is -0.504. The number of aryl methyl sites for hydroxylation is 2. The molecule has 1 heterocycles. The maximum atomic E-state index is 10.9. The van der Waals surface area contributed by atoms with E-state index in [1.165, 1.54) is 7.11 Å². The predicted molar refractivity (Wildman–Crippen MR) is 97.8 cm³/mol. The minimum Gasteiger partial charge on any atom is -0.493 e. The van der Waals surface area contributed by atoms with Crippen LogP contribution in [0, 0.1) is 17.0 Å². The average Bonchev–Trinajstić information content (AvgIpc) is 3.03. The molecule has 0 saturated heterocycles. The highest BCUT2D eigenvalue weighted by molar-refractivity contribution is 5.56. The highest BCUT2D eigenvalue weighted by atomic mass is 16.6. The number of rotatable bonds is 10. The third kappa shape index (κ3) is 5.40. The number of methoxy groups -OCH3 is 2. The topological polar surface area (TPSA) is 103 Å². The van der Waals surface area contributed by atoms with E-state index < -0.39 is 4.92 Å². The van der Waals surface area contributed by atoms with Crippen molar-refractivity contribution in [1.29, 1.82) is 0 Å². The van der Waals surface area contributed by atoms with E-state index in [9.17, 15) is 10.1 Å². The fourth-order valence-corrected chi connectivity index (χ4v) is 2.39. The lowest BCUT2D eigenvalue weighted by Crippen LogP contribution is -2.23. The van der Waals surface area contributed by atoms with E-state index in [2.05, 4.69) is 15.6 Å². The van der Waals surface area contributed by atoms with Crippen LogP contribution < -0.4 is 20.1 Å². The van der Waals surface area contributed by atoms with Gasteiger partial charge in [0.25, 0.3) is 6.20 Å². The van der Waals surface area contributed by atoms with Crippen molar-refractivity contribution < 1.29 is 14.4 Å². The molecular weight excluding hydrogens is 338 g/mol. The molecule has 0 atom stereocenters. The fraction of sp³-hybridized carbons (Fsp3) is 0.353. The molecule has 9 nitrogen and oxygen atoms in total. The highest BCUT2D eigenvalue weighted by Crippen LogP contribution is 2.30. The molecular formula is C17H23N5O4. The summed E-state index contributed by atoms with van der Waals surface area (Å²) in [6.45, 7) is 3.33. The minimum absolute atomic E-state index is 0.296. The van der Waals surface area contributed by atoms with Crippen LogP contribution in [0.15, 0.2) is 42.7 Å². The second-order valence-electron chi connectivity index (χ2n) is 5.53. The molecule has 2 N–H and O–H groups in total. The molecule has 2 rings (SSSR count). The van der Waals surface area contributed by atoms with Crippen LogP contribution in [0.25, 0.3) is 0 Å². The molecule has 0 radical (unpaired) electrons. The van der Waals surface area contributed by atoms with Crippen LogP contribution in [0.2, 0.25) is 0 Å². The Morgan fingerprint density at radius 1 is 1.35 bits per heavy atom. The first kappa shape index (κ1) is 19.1. The highest BCUT2D eigenvalue weighted by Gasteiger charge is 2.08. The molecule has 0 saturated carbocycles. The normalized spacial score (nSPS) is 11.1. The Bertz CT molecular complexity index is 772. The summed E-state index contributed by atoms with van der Waals surface area (Å²) in [5, 5.41) is 16.9. The summed E-state index contributed by atoms with van der Waals surface area (Å²) < 4.78 is 12.5. The third-order valence-corrected chi connectivity index (χ3v) is 3.71. The quantitative estimate of drug-likeness (QED) is 0.380. The van der Waals surface area contributed by atoms with Gasteiger partial charge in [-0.05, 0) is 25.5 Å². The predicted octanol–water partition coefficient (Wildman–Crippen LogP) is 2.38. The SMILES string of the molecule is COc1ccc(N/C(=C/[N+](=O)[O-])NCCCn2cncc2C)cc1OC. The number of nitrogens with one attached hydrogen (secondary N) is 2. The molecule has 9 heteroatoms. The Balaban J connectivity index is 1.97. The van der Waals surface area contributed by atoms with E-state index in [4.69, 9.17) is 9.47 Å². The van der Waals surface area contributed by atoms with Crippen molar-refractivity contribution in [3.8, 4) is 11.5 Å². The van der Waals surface area contributed by atoms with Crippen molar-refractivity contribution in [1.82, 2.24) is 14.9 Å². The van der Waals surface area contributed by atoms with E-state index in [1.54, 1.807) is 37.8 Å². The Labute approximate surface area is 151 Å². The van der Waals surface area contributed by atoms with Gasteiger partial charge in [-0.25, -0.2) is 4.98 Å². The molecule has 0 fully saturated rings. The van der Waals surface area contributed by atoms with Crippen molar-refractivity contribution in [2.24, 2.45) is 0 Å². The summed E-state index contributed by atoms with van der Waals surface area (Å²) in [5.74, 6) is 1.42. The number of nitro groups is 1. The fourth-order valence-electron chi connectivity index (χ4n) is 2.39. The van der Waals surface area contributed by atoms with Crippen LogP contribution in [0.3, 0.4) is 0 Å². The molecule has 0 aliphatic heterocycles. The summed E-state index contributed by atoms with van der Waals surface area (Å²) in [4.78, 5) is 14.4. The standard InChI is InChI=1S/C17H23N5O4/c1-13-10-18-12-21(13)8-4-7-19-17(11-22(23)24)20-14-5-6-15(25-2)16(9-14)26-3/h5-6,9-12,19-20H,4,7-8H2,1-3H3/b17-11+. The Hall–Kier alpha value is -3.23. The molecule has 1 aromatic carbocycles. The molecule has 26 heavy (non-hydrogen) atoms. The molecule has 0 spiro atoms. The molecule has 1 aromatic heterocycles. The van der Waals surface area contributed by atoms with Gasteiger partial charge in [0.05, 0.1) is 25.5 Å². The number of ether oxygens (including phenoxy) is 2. The zero-order valence-electron chi connectivity index (χ0n) is 15.1. The van der Waals surface area contributed by atoms with Crippen LogP contribution in [0.4, 0.5) is 5.69 Å². The number of benzene rings is 1. The molecule has 0 aliphatic rings. The lowest BCUT2D eigenvalue weighted by Gasteiger charge is -2.14. The Morgan fingerprint density at radius 2 is 2.12 bits per heavy atom. The Kier molecular flexibility index (Phi) is 6.84. The van der Waals surface area contributed by atoms with E-state index in [-0.39, 0.29) is 0 Å². The first-order valence-electron chi connectivity index (χ1n) is 8.08. The van der Waals surface area contributed by atoms with Crippen LogP contribution in [0.5, 0.6) is 11.5 Å². The number of nitrogens with zero attached hydrogens (tertiary/aromatic N) is 3. The lowest BCUT2D eigenvalue weighted by molar-refractivity contribution is -0.403. The average molecular weight is 361 g/mol. The molecule has 0 aliphatic carbocycles. The van der Waals surface area contributed by atoms with Gasteiger partial charge in [-0.15, -0.1) is 0 Å². The summed E-state index contributed by atoms with van der Waals surface area (Å²) in [7, 11) is 3.08. The lowest BCUT2D eigenvalue weighted by atomic mass is 10.2. The van der Waals surface area contributed by atoms with Crippen molar-refractivity contribution >= 4 is 5.69 Å². The number of anilines is 1. The molecule has 0 bridgehead atoms. The monoisotopic (exact) mass is 361 g/mol. The second-order valence-corrected chi connectivity index (χ2v) is 5.53. The van der Waals surface area contributed by atoms with Crippen LogP contribution in [0.1, 0.15) is 12.1 Å². The Morgan fingerprint density at radius 3 is 2.73 bits per heavy atom. The van der Waals surface area contributed by atoms with Gasteiger partial charge < -0.3 is 24.7 Å². The summed E-state index contributed by atoms with van der Waals surface area (Å²) in [6.07, 6.45) is 5.26. The first-order chi connectivity index (χ1) is 12.5. The molecule has 2 aromatic rings. The van der Waals surface area contributed by atoms with Gasteiger partial charge in [-0.1, -0.05) is 0 Å². The van der Waals surface area contributed by atoms with Crippen LogP contribution in [-0.2, 0) is 6.54 Å². The van der Waals surface area contributed by atoms with Gasteiger partial charge in [-0.2, -0.15) is 0 Å². The number of hydrogen-bond acceptors (Lipinski definition) is 7. The smallest absolute Gasteiger partial charge is 0.274 e. The van der Waals surface area contributed by atoms with E-state index in [0.29, 0.717) is 29.6 Å². The van der Waals surface area contributed by atoms with Gasteiger partial charge >= 0.3 is 0 Å². The van der Waals surface area contributed by atoms with Crippen molar-refractivity contribution in [3.05, 3.63) is 58.6 Å².